The molecular weight excluding hydrogens is 316 g/mol. The fourth-order valence-corrected chi connectivity index (χ4v) is 2.83. The van der Waals surface area contributed by atoms with E-state index in [1.165, 1.54) is 5.56 Å². The van der Waals surface area contributed by atoms with Crippen molar-refractivity contribution in [1.82, 2.24) is 10.2 Å². The third-order valence-electron chi connectivity index (χ3n) is 4.24. The Balaban J connectivity index is 1.72. The summed E-state index contributed by atoms with van der Waals surface area (Å²) in [5.41, 5.74) is 2.46. The van der Waals surface area contributed by atoms with E-state index in [9.17, 15) is 4.79 Å². The number of nitrogens with zero attached hydrogens (tertiary/aromatic N) is 3. The molecule has 0 radical (unpaired) electrons. The molecule has 0 unspecified atom stereocenters. The van der Waals surface area contributed by atoms with Crippen molar-refractivity contribution in [3.8, 4) is 0 Å². The molecule has 0 saturated heterocycles. The summed E-state index contributed by atoms with van der Waals surface area (Å²) in [5.74, 6) is 1.66. The molecule has 3 rings (SSSR count). The molecule has 2 heterocycles. The van der Waals surface area contributed by atoms with Crippen molar-refractivity contribution in [3.05, 3.63) is 54.0 Å². The lowest BCUT2D eigenvalue weighted by Gasteiger charge is -2.23. The van der Waals surface area contributed by atoms with E-state index in [0.717, 1.165) is 36.8 Å². The summed E-state index contributed by atoms with van der Waals surface area (Å²) in [7, 11) is 3.49. The van der Waals surface area contributed by atoms with Crippen LogP contribution in [0.5, 0.6) is 0 Å². The Morgan fingerprint density at radius 1 is 1.28 bits per heavy atom. The minimum Gasteiger partial charge on any atom is -0.469 e. The number of carbonyl (C=O) groups is 1. The van der Waals surface area contributed by atoms with Crippen LogP contribution in [0.3, 0.4) is 0 Å². The van der Waals surface area contributed by atoms with E-state index < -0.39 is 0 Å². The summed E-state index contributed by atoms with van der Waals surface area (Å²) < 4.78 is 5.37. The maximum atomic E-state index is 11.9. The van der Waals surface area contributed by atoms with Crippen molar-refractivity contribution in [1.29, 1.82) is 0 Å². The number of benzene rings is 1. The monoisotopic (exact) mass is 340 g/mol. The quantitative estimate of drug-likeness (QED) is 0.667. The van der Waals surface area contributed by atoms with Gasteiger partial charge >= 0.3 is 0 Å². The van der Waals surface area contributed by atoms with Gasteiger partial charge in [0.1, 0.15) is 12.3 Å². The van der Waals surface area contributed by atoms with Gasteiger partial charge in [-0.2, -0.15) is 0 Å². The van der Waals surface area contributed by atoms with Crippen LogP contribution in [0.2, 0.25) is 0 Å². The number of hydrogen-bond acceptors (Lipinski definition) is 3. The third kappa shape index (κ3) is 4.21. The van der Waals surface area contributed by atoms with Crippen molar-refractivity contribution in [2.45, 2.75) is 12.8 Å². The number of nitrogens with one attached hydrogen (secondary N) is 1. The SMILES string of the molecule is CN(C)C(=O)CN=C(NCCc1ccco1)N1CCc2ccccc21. The highest BCUT2D eigenvalue weighted by Gasteiger charge is 2.22. The Morgan fingerprint density at radius 3 is 2.88 bits per heavy atom. The average molecular weight is 340 g/mol. The van der Waals surface area contributed by atoms with Gasteiger partial charge in [-0.1, -0.05) is 18.2 Å². The molecule has 1 aromatic carbocycles. The zero-order valence-electron chi connectivity index (χ0n) is 14.7. The molecule has 1 aromatic heterocycles. The van der Waals surface area contributed by atoms with Crippen molar-refractivity contribution in [2.75, 3.05) is 38.6 Å². The lowest BCUT2D eigenvalue weighted by Crippen LogP contribution is -2.42. The highest BCUT2D eigenvalue weighted by atomic mass is 16.3. The summed E-state index contributed by atoms with van der Waals surface area (Å²) in [6.07, 6.45) is 3.43. The Labute approximate surface area is 148 Å². The number of para-hydroxylation sites is 1. The molecule has 0 bridgehead atoms. The molecule has 6 heteroatoms. The highest BCUT2D eigenvalue weighted by Crippen LogP contribution is 2.27. The first kappa shape index (κ1) is 17.1. The Hall–Kier alpha value is -2.76. The van der Waals surface area contributed by atoms with E-state index >= 15 is 0 Å². The minimum absolute atomic E-state index is 0.0159. The summed E-state index contributed by atoms with van der Waals surface area (Å²) >= 11 is 0. The van der Waals surface area contributed by atoms with Crippen molar-refractivity contribution >= 4 is 17.6 Å². The number of carbonyl (C=O) groups excluding carboxylic acids is 1. The fourth-order valence-electron chi connectivity index (χ4n) is 2.83. The molecule has 1 amide bonds. The first-order valence-corrected chi connectivity index (χ1v) is 8.51. The lowest BCUT2D eigenvalue weighted by atomic mass is 10.2. The van der Waals surface area contributed by atoms with Crippen molar-refractivity contribution in [2.24, 2.45) is 4.99 Å². The molecule has 2 aromatic rings. The molecule has 0 atom stereocenters. The maximum absolute atomic E-state index is 11.9. The van der Waals surface area contributed by atoms with Crippen LogP contribution >= 0.6 is 0 Å². The molecule has 25 heavy (non-hydrogen) atoms. The second-order valence-electron chi connectivity index (χ2n) is 6.21. The number of likely N-dealkylation sites (N-methyl/N-ethyl adjacent to an activating group) is 1. The van der Waals surface area contributed by atoms with Gasteiger partial charge in [-0.15, -0.1) is 0 Å². The van der Waals surface area contributed by atoms with Gasteiger partial charge in [0.05, 0.1) is 6.26 Å². The van der Waals surface area contributed by atoms with Crippen LogP contribution in [0, 0.1) is 0 Å². The van der Waals surface area contributed by atoms with Gasteiger partial charge in [0.25, 0.3) is 0 Å². The van der Waals surface area contributed by atoms with E-state index in [1.54, 1.807) is 25.3 Å². The molecule has 0 aliphatic carbocycles. The molecule has 1 N–H and O–H groups in total. The van der Waals surface area contributed by atoms with E-state index in [4.69, 9.17) is 4.42 Å². The van der Waals surface area contributed by atoms with Crippen molar-refractivity contribution < 1.29 is 9.21 Å². The Morgan fingerprint density at radius 2 is 2.12 bits per heavy atom. The van der Waals surface area contributed by atoms with Gasteiger partial charge < -0.3 is 19.5 Å². The third-order valence-corrected chi connectivity index (χ3v) is 4.24. The van der Waals surface area contributed by atoms with Crippen LogP contribution in [0.15, 0.2) is 52.1 Å². The van der Waals surface area contributed by atoms with Gasteiger partial charge in [-0.25, -0.2) is 4.99 Å². The smallest absolute Gasteiger partial charge is 0.243 e. The van der Waals surface area contributed by atoms with Crippen LogP contribution in [0.1, 0.15) is 11.3 Å². The Bertz CT molecular complexity index is 738. The number of anilines is 1. The van der Waals surface area contributed by atoms with Crippen LogP contribution < -0.4 is 10.2 Å². The van der Waals surface area contributed by atoms with Crippen LogP contribution in [0.25, 0.3) is 0 Å². The second-order valence-corrected chi connectivity index (χ2v) is 6.21. The van der Waals surface area contributed by atoms with E-state index in [2.05, 4.69) is 33.4 Å². The number of rotatable bonds is 5. The Kier molecular flexibility index (Phi) is 5.38. The summed E-state index contributed by atoms with van der Waals surface area (Å²) in [6.45, 7) is 1.69. The van der Waals surface area contributed by atoms with E-state index in [0.29, 0.717) is 6.54 Å². The number of fused-ring (bicyclic) bond motifs is 1. The van der Waals surface area contributed by atoms with Gasteiger partial charge in [0.2, 0.25) is 5.91 Å². The molecular formula is C19H24N4O2. The second kappa shape index (κ2) is 7.88. The fraction of sp³-hybridized carbons (Fsp3) is 0.368. The summed E-state index contributed by atoms with van der Waals surface area (Å²) in [6, 6.07) is 12.2. The van der Waals surface area contributed by atoms with Gasteiger partial charge in [0.15, 0.2) is 5.96 Å². The number of furan rings is 1. The first-order valence-electron chi connectivity index (χ1n) is 8.51. The number of amides is 1. The summed E-state index contributed by atoms with van der Waals surface area (Å²) in [5, 5.41) is 3.38. The van der Waals surface area contributed by atoms with Crippen LogP contribution in [-0.2, 0) is 17.6 Å². The van der Waals surface area contributed by atoms with Gasteiger partial charge in [-0.3, -0.25) is 4.79 Å². The molecule has 0 fully saturated rings. The summed E-state index contributed by atoms with van der Waals surface area (Å²) in [4.78, 5) is 20.2. The maximum Gasteiger partial charge on any atom is 0.243 e. The minimum atomic E-state index is -0.0159. The van der Waals surface area contributed by atoms with Gasteiger partial charge in [0, 0.05) is 39.3 Å². The van der Waals surface area contributed by atoms with E-state index in [-0.39, 0.29) is 12.5 Å². The molecule has 0 saturated carbocycles. The predicted molar refractivity (Wildman–Crippen MR) is 98.9 cm³/mol. The predicted octanol–water partition coefficient (Wildman–Crippen LogP) is 1.92. The lowest BCUT2D eigenvalue weighted by molar-refractivity contribution is -0.127. The molecule has 132 valence electrons. The zero-order chi connectivity index (χ0) is 17.6. The molecule has 6 nitrogen and oxygen atoms in total. The number of aliphatic imine (C=N–C) groups is 1. The molecule has 1 aliphatic heterocycles. The number of guanidine groups is 1. The van der Waals surface area contributed by atoms with Crippen LogP contribution in [0.4, 0.5) is 5.69 Å². The van der Waals surface area contributed by atoms with Crippen molar-refractivity contribution in [3.63, 3.8) is 0 Å². The van der Waals surface area contributed by atoms with Crippen LogP contribution in [-0.4, -0.2) is 50.5 Å². The normalized spacial score (nSPS) is 13.7. The standard InChI is InChI=1S/C19H24N4O2/c1-22(2)18(24)14-21-19(20-11-9-16-7-5-13-25-16)23-12-10-15-6-3-4-8-17(15)23/h3-8,13H,9-12,14H2,1-2H3,(H,20,21). The zero-order valence-corrected chi connectivity index (χ0v) is 14.7. The average Bonchev–Trinajstić information content (AvgIpc) is 3.27. The topological polar surface area (TPSA) is 61.1 Å². The van der Waals surface area contributed by atoms with E-state index in [1.807, 2.05) is 18.2 Å². The largest absolute Gasteiger partial charge is 0.469 e. The first-order chi connectivity index (χ1) is 12.1. The highest BCUT2D eigenvalue weighted by molar-refractivity contribution is 5.99. The number of hydrogen-bond donors (Lipinski definition) is 1. The molecule has 0 spiro atoms. The molecule has 1 aliphatic rings. The van der Waals surface area contributed by atoms with Gasteiger partial charge in [-0.05, 0) is 30.2 Å².